The highest BCUT2D eigenvalue weighted by Crippen LogP contribution is 2.22. The maximum atomic E-state index is 13.6. The number of carbonyl (C=O) groups excluding carboxylic acids is 1. The van der Waals surface area contributed by atoms with Gasteiger partial charge in [-0.25, -0.2) is 8.78 Å². The Morgan fingerprint density at radius 1 is 1.35 bits per heavy atom. The third-order valence-electron chi connectivity index (χ3n) is 3.41. The lowest BCUT2D eigenvalue weighted by atomic mass is 9.94. The molecule has 2 N–H and O–H groups in total. The monoisotopic (exact) mass is 284 g/mol. The van der Waals surface area contributed by atoms with Crippen molar-refractivity contribution in [2.45, 2.75) is 25.3 Å². The highest BCUT2D eigenvalue weighted by Gasteiger charge is 2.30. The van der Waals surface area contributed by atoms with Crippen molar-refractivity contribution in [2.24, 2.45) is 0 Å². The summed E-state index contributed by atoms with van der Waals surface area (Å²) in [5.74, 6) is -2.08. The fourth-order valence-electron chi connectivity index (χ4n) is 2.32. The Balaban J connectivity index is 2.17. The Morgan fingerprint density at radius 3 is 2.50 bits per heavy atom. The molecule has 0 aliphatic carbocycles. The number of ether oxygens (including phenoxy) is 1. The van der Waals surface area contributed by atoms with Gasteiger partial charge in [-0.15, -0.1) is 0 Å². The molecule has 20 heavy (non-hydrogen) atoms. The van der Waals surface area contributed by atoms with E-state index in [0.29, 0.717) is 13.2 Å². The van der Waals surface area contributed by atoms with Gasteiger partial charge in [0.25, 0.3) is 5.91 Å². The lowest BCUT2D eigenvalue weighted by Crippen LogP contribution is -2.51. The lowest BCUT2D eigenvalue weighted by molar-refractivity contribution is 0.0272. The maximum Gasteiger partial charge on any atom is 0.251 e. The Bertz CT molecular complexity index is 491. The van der Waals surface area contributed by atoms with Crippen molar-refractivity contribution in [3.05, 3.63) is 29.3 Å². The minimum Gasteiger partial charge on any atom is -0.383 e. The summed E-state index contributed by atoms with van der Waals surface area (Å²) < 4.78 is 32.6. The quantitative estimate of drug-likeness (QED) is 0.895. The van der Waals surface area contributed by atoms with Gasteiger partial charge in [0, 0.05) is 19.2 Å². The van der Waals surface area contributed by atoms with E-state index in [2.05, 4.69) is 10.6 Å². The van der Waals surface area contributed by atoms with Crippen molar-refractivity contribution in [3.8, 4) is 0 Å². The van der Waals surface area contributed by atoms with Crippen molar-refractivity contribution in [3.63, 3.8) is 0 Å². The largest absolute Gasteiger partial charge is 0.383 e. The number of anilines is 1. The third kappa shape index (κ3) is 3.07. The van der Waals surface area contributed by atoms with Crippen molar-refractivity contribution in [2.75, 3.05) is 25.6 Å². The molecule has 1 aromatic rings. The molecule has 1 aromatic carbocycles. The van der Waals surface area contributed by atoms with Gasteiger partial charge < -0.3 is 15.4 Å². The van der Waals surface area contributed by atoms with Crippen molar-refractivity contribution >= 4 is 11.6 Å². The summed E-state index contributed by atoms with van der Waals surface area (Å²) in [7, 11) is 1.42. The van der Waals surface area contributed by atoms with Crippen LogP contribution in [-0.2, 0) is 4.74 Å². The smallest absolute Gasteiger partial charge is 0.251 e. The molecule has 1 atom stereocenters. The van der Waals surface area contributed by atoms with E-state index < -0.39 is 23.1 Å². The molecule has 0 radical (unpaired) electrons. The number of rotatable bonds is 3. The first-order valence-electron chi connectivity index (χ1n) is 6.52. The standard InChI is InChI=1S/C14H18F2N2O2/c1-14(4-3-5-20-8-14)18-13(19)9-6-10(15)12(17-2)11(16)7-9/h6-7,17H,3-5,8H2,1-2H3,(H,18,19). The van der Waals surface area contributed by atoms with Crippen molar-refractivity contribution in [1.29, 1.82) is 0 Å². The van der Waals surface area contributed by atoms with Crippen LogP contribution in [0, 0.1) is 11.6 Å². The number of carbonyl (C=O) groups is 1. The van der Waals surface area contributed by atoms with E-state index in [4.69, 9.17) is 4.74 Å². The maximum absolute atomic E-state index is 13.6. The summed E-state index contributed by atoms with van der Waals surface area (Å²) in [6.07, 6.45) is 1.62. The second kappa shape index (κ2) is 5.75. The molecule has 0 bridgehead atoms. The zero-order valence-electron chi connectivity index (χ0n) is 11.6. The first-order chi connectivity index (χ1) is 9.45. The summed E-state index contributed by atoms with van der Waals surface area (Å²) in [4.78, 5) is 12.1. The number of hydrogen-bond acceptors (Lipinski definition) is 3. The molecule has 1 amide bonds. The predicted molar refractivity (Wildman–Crippen MR) is 71.8 cm³/mol. The normalized spacial score (nSPS) is 22.4. The molecule has 1 aliphatic heterocycles. The van der Waals surface area contributed by atoms with Crippen LogP contribution in [0.25, 0.3) is 0 Å². The van der Waals surface area contributed by atoms with Gasteiger partial charge in [0.05, 0.1) is 12.1 Å². The second-order valence-corrected chi connectivity index (χ2v) is 5.24. The Labute approximate surface area is 116 Å². The van der Waals surface area contributed by atoms with E-state index in [1.54, 1.807) is 0 Å². The minimum absolute atomic E-state index is 0.0363. The van der Waals surface area contributed by atoms with Crippen LogP contribution in [-0.4, -0.2) is 31.7 Å². The van der Waals surface area contributed by atoms with Gasteiger partial charge in [0.1, 0.15) is 17.3 Å². The van der Waals surface area contributed by atoms with Gasteiger partial charge in [-0.2, -0.15) is 0 Å². The van der Waals surface area contributed by atoms with Gasteiger partial charge in [-0.3, -0.25) is 4.79 Å². The van der Waals surface area contributed by atoms with Crippen LogP contribution < -0.4 is 10.6 Å². The predicted octanol–water partition coefficient (Wildman–Crippen LogP) is 2.31. The summed E-state index contributed by atoms with van der Waals surface area (Å²) >= 11 is 0. The van der Waals surface area contributed by atoms with E-state index in [9.17, 15) is 13.6 Å². The van der Waals surface area contributed by atoms with Crippen LogP contribution in [0.15, 0.2) is 12.1 Å². The number of halogens is 2. The molecule has 1 aliphatic rings. The molecule has 110 valence electrons. The molecule has 1 unspecified atom stereocenters. The zero-order valence-corrected chi connectivity index (χ0v) is 11.6. The fraction of sp³-hybridized carbons (Fsp3) is 0.500. The van der Waals surface area contributed by atoms with Crippen LogP contribution in [0.4, 0.5) is 14.5 Å². The molecule has 2 rings (SSSR count). The van der Waals surface area contributed by atoms with Crippen molar-refractivity contribution in [1.82, 2.24) is 5.32 Å². The molecule has 6 heteroatoms. The first-order valence-corrected chi connectivity index (χ1v) is 6.52. The van der Waals surface area contributed by atoms with Crippen molar-refractivity contribution < 1.29 is 18.3 Å². The molecule has 1 heterocycles. The molecule has 0 aromatic heterocycles. The van der Waals surface area contributed by atoms with E-state index in [0.717, 1.165) is 25.0 Å². The molecule has 4 nitrogen and oxygen atoms in total. The molecule has 0 saturated carbocycles. The minimum atomic E-state index is -0.789. The summed E-state index contributed by atoms with van der Waals surface area (Å²) in [5.41, 5.74) is -0.774. The summed E-state index contributed by atoms with van der Waals surface area (Å²) in [6, 6.07) is 2.05. The zero-order chi connectivity index (χ0) is 14.8. The van der Waals surface area contributed by atoms with Gasteiger partial charge in [-0.1, -0.05) is 0 Å². The highest BCUT2D eigenvalue weighted by atomic mass is 19.1. The summed E-state index contributed by atoms with van der Waals surface area (Å²) in [5, 5.41) is 5.20. The van der Waals surface area contributed by atoms with Crippen LogP contribution >= 0.6 is 0 Å². The van der Waals surface area contributed by atoms with E-state index in [-0.39, 0.29) is 11.3 Å². The third-order valence-corrected chi connectivity index (χ3v) is 3.41. The van der Waals surface area contributed by atoms with E-state index in [1.807, 2.05) is 6.92 Å². The van der Waals surface area contributed by atoms with Gasteiger partial charge in [-0.05, 0) is 31.9 Å². The Hall–Kier alpha value is -1.69. The Morgan fingerprint density at radius 2 is 2.00 bits per heavy atom. The van der Waals surface area contributed by atoms with E-state index >= 15 is 0 Å². The van der Waals surface area contributed by atoms with Gasteiger partial charge in [0.2, 0.25) is 0 Å². The SMILES string of the molecule is CNc1c(F)cc(C(=O)NC2(C)CCCOC2)cc1F. The molecule has 1 saturated heterocycles. The number of hydrogen-bond donors (Lipinski definition) is 2. The van der Waals surface area contributed by atoms with Crippen LogP contribution in [0.1, 0.15) is 30.1 Å². The fourth-order valence-corrected chi connectivity index (χ4v) is 2.32. The average molecular weight is 284 g/mol. The number of nitrogens with one attached hydrogen (secondary N) is 2. The average Bonchev–Trinajstić information content (AvgIpc) is 2.38. The van der Waals surface area contributed by atoms with Gasteiger partial charge in [0.15, 0.2) is 0 Å². The summed E-state index contributed by atoms with van der Waals surface area (Å²) in [6.45, 7) is 2.93. The lowest BCUT2D eigenvalue weighted by Gasteiger charge is -2.34. The van der Waals surface area contributed by atoms with Gasteiger partial charge >= 0.3 is 0 Å². The van der Waals surface area contributed by atoms with E-state index in [1.165, 1.54) is 7.05 Å². The topological polar surface area (TPSA) is 50.4 Å². The number of benzene rings is 1. The number of amides is 1. The van der Waals surface area contributed by atoms with Crippen LogP contribution in [0.2, 0.25) is 0 Å². The molecular weight excluding hydrogens is 266 g/mol. The van der Waals surface area contributed by atoms with Crippen LogP contribution in [0.5, 0.6) is 0 Å². The van der Waals surface area contributed by atoms with Crippen LogP contribution in [0.3, 0.4) is 0 Å². The Kier molecular flexibility index (Phi) is 4.23. The second-order valence-electron chi connectivity index (χ2n) is 5.24. The highest BCUT2D eigenvalue weighted by molar-refractivity contribution is 5.95. The molecule has 1 fully saturated rings. The first kappa shape index (κ1) is 14.7. The molecule has 0 spiro atoms. The molecular formula is C14H18F2N2O2.